The topological polar surface area (TPSA) is 71.8 Å². The van der Waals surface area contributed by atoms with E-state index in [-0.39, 0.29) is 36.3 Å². The average Bonchev–Trinajstić information content (AvgIpc) is 3.15. The van der Waals surface area contributed by atoms with Crippen molar-refractivity contribution in [3.8, 4) is 0 Å². The lowest BCUT2D eigenvalue weighted by Crippen LogP contribution is -2.47. The van der Waals surface area contributed by atoms with Crippen molar-refractivity contribution in [2.45, 2.75) is 45.1 Å². The third-order valence-corrected chi connectivity index (χ3v) is 4.80. The summed E-state index contributed by atoms with van der Waals surface area (Å²) in [6.45, 7) is 3.79. The lowest BCUT2D eigenvalue weighted by atomic mass is 9.90. The maximum absolute atomic E-state index is 12.3. The summed E-state index contributed by atoms with van der Waals surface area (Å²) in [7, 11) is 0. The van der Waals surface area contributed by atoms with Crippen molar-refractivity contribution in [1.82, 2.24) is 10.2 Å². The van der Waals surface area contributed by atoms with Gasteiger partial charge in [-0.1, -0.05) is 0 Å². The van der Waals surface area contributed by atoms with E-state index in [0.29, 0.717) is 18.8 Å². The van der Waals surface area contributed by atoms with Gasteiger partial charge in [-0.05, 0) is 44.7 Å². The van der Waals surface area contributed by atoms with E-state index in [9.17, 15) is 18.4 Å². The van der Waals surface area contributed by atoms with Crippen LogP contribution in [0.15, 0.2) is 22.8 Å². The van der Waals surface area contributed by atoms with Gasteiger partial charge in [-0.25, -0.2) is 8.78 Å². The standard InChI is InChI=1S/C18H26F2N2O4/c1-12(15-4-3-9-26-15)18(24)21-13(2)14-5-7-22(8-6-14)17(23)11-25-10-16(19)20/h3-4,9,12-14,16H,5-8,10-11H2,1-2H3,(H,21,24)/t12?,13-/m1/s1. The highest BCUT2D eigenvalue weighted by molar-refractivity contribution is 5.82. The van der Waals surface area contributed by atoms with Crippen LogP contribution in [-0.2, 0) is 14.3 Å². The summed E-state index contributed by atoms with van der Waals surface area (Å²) >= 11 is 0. The summed E-state index contributed by atoms with van der Waals surface area (Å²) in [5.74, 6) is 0.160. The van der Waals surface area contributed by atoms with Gasteiger partial charge >= 0.3 is 0 Å². The molecule has 26 heavy (non-hydrogen) atoms. The van der Waals surface area contributed by atoms with Crippen molar-refractivity contribution >= 4 is 11.8 Å². The van der Waals surface area contributed by atoms with Crippen molar-refractivity contribution in [2.24, 2.45) is 5.92 Å². The summed E-state index contributed by atoms with van der Waals surface area (Å²) in [6.07, 6.45) is 0.468. The van der Waals surface area contributed by atoms with Crippen molar-refractivity contribution in [3.63, 3.8) is 0 Å². The minimum atomic E-state index is -2.57. The number of alkyl halides is 2. The number of carbonyl (C=O) groups excluding carboxylic acids is 2. The Morgan fingerprint density at radius 2 is 2.04 bits per heavy atom. The van der Waals surface area contributed by atoms with Crippen molar-refractivity contribution in [3.05, 3.63) is 24.2 Å². The molecule has 0 saturated carbocycles. The number of halogens is 2. The molecule has 8 heteroatoms. The first-order chi connectivity index (χ1) is 12.4. The molecule has 0 radical (unpaired) electrons. The molecule has 0 bridgehead atoms. The maximum Gasteiger partial charge on any atom is 0.261 e. The second-order valence-corrected chi connectivity index (χ2v) is 6.66. The highest BCUT2D eigenvalue weighted by atomic mass is 19.3. The molecule has 1 fully saturated rings. The molecule has 0 aliphatic carbocycles. The number of piperidine rings is 1. The van der Waals surface area contributed by atoms with E-state index in [1.54, 1.807) is 30.2 Å². The Kier molecular flexibility index (Phi) is 7.56. The molecule has 1 N–H and O–H groups in total. The van der Waals surface area contributed by atoms with Gasteiger partial charge in [-0.15, -0.1) is 0 Å². The summed E-state index contributed by atoms with van der Waals surface area (Å²) in [4.78, 5) is 25.9. The van der Waals surface area contributed by atoms with Crippen molar-refractivity contribution in [2.75, 3.05) is 26.3 Å². The molecular weight excluding hydrogens is 346 g/mol. The number of rotatable bonds is 8. The number of nitrogens with zero attached hydrogens (tertiary/aromatic N) is 1. The summed E-state index contributed by atoms with van der Waals surface area (Å²) in [5.41, 5.74) is 0. The fraction of sp³-hybridized carbons (Fsp3) is 0.667. The van der Waals surface area contributed by atoms with Gasteiger partial charge in [0, 0.05) is 19.1 Å². The molecule has 2 heterocycles. The van der Waals surface area contributed by atoms with Crippen LogP contribution in [0.5, 0.6) is 0 Å². The molecular formula is C18H26F2N2O4. The summed E-state index contributed by atoms with van der Waals surface area (Å²) < 4.78 is 34.0. The second kappa shape index (κ2) is 9.66. The first-order valence-corrected chi connectivity index (χ1v) is 8.86. The largest absolute Gasteiger partial charge is 0.469 e. The first-order valence-electron chi connectivity index (χ1n) is 8.86. The van der Waals surface area contributed by atoms with E-state index >= 15 is 0 Å². The van der Waals surface area contributed by atoms with Crippen LogP contribution in [0.2, 0.25) is 0 Å². The number of nitrogens with one attached hydrogen (secondary N) is 1. The monoisotopic (exact) mass is 372 g/mol. The summed E-state index contributed by atoms with van der Waals surface area (Å²) in [6, 6.07) is 3.50. The minimum absolute atomic E-state index is 0.0211. The van der Waals surface area contributed by atoms with E-state index in [1.165, 1.54) is 0 Å². The van der Waals surface area contributed by atoms with Gasteiger partial charge < -0.3 is 19.4 Å². The second-order valence-electron chi connectivity index (χ2n) is 6.66. The molecule has 1 saturated heterocycles. The van der Waals surface area contributed by atoms with Gasteiger partial charge in [0.2, 0.25) is 11.8 Å². The Morgan fingerprint density at radius 3 is 2.62 bits per heavy atom. The highest BCUT2D eigenvalue weighted by Crippen LogP contribution is 2.22. The fourth-order valence-corrected chi connectivity index (χ4v) is 3.11. The molecule has 1 unspecified atom stereocenters. The van der Waals surface area contributed by atoms with Crippen LogP contribution < -0.4 is 5.32 Å². The van der Waals surface area contributed by atoms with Gasteiger partial charge in [0.15, 0.2) is 0 Å². The molecule has 146 valence electrons. The Hall–Kier alpha value is -1.96. The van der Waals surface area contributed by atoms with Gasteiger partial charge in [-0.3, -0.25) is 9.59 Å². The third-order valence-electron chi connectivity index (χ3n) is 4.80. The number of hydrogen-bond donors (Lipinski definition) is 1. The van der Waals surface area contributed by atoms with E-state index in [0.717, 1.165) is 12.8 Å². The maximum atomic E-state index is 12.3. The number of hydrogen-bond acceptors (Lipinski definition) is 4. The Morgan fingerprint density at radius 1 is 1.35 bits per heavy atom. The Balaban J connectivity index is 1.73. The highest BCUT2D eigenvalue weighted by Gasteiger charge is 2.28. The molecule has 6 nitrogen and oxygen atoms in total. The van der Waals surface area contributed by atoms with Gasteiger partial charge in [0.1, 0.15) is 19.0 Å². The van der Waals surface area contributed by atoms with Crippen molar-refractivity contribution < 1.29 is 27.5 Å². The molecule has 0 spiro atoms. The number of carbonyl (C=O) groups is 2. The lowest BCUT2D eigenvalue weighted by Gasteiger charge is -2.35. The van der Waals surface area contributed by atoms with Crippen LogP contribution in [0.4, 0.5) is 8.78 Å². The minimum Gasteiger partial charge on any atom is -0.469 e. The number of ether oxygens (including phenoxy) is 1. The SMILES string of the molecule is CC(C(=O)N[C@H](C)C1CCN(C(=O)COCC(F)F)CC1)c1ccco1. The zero-order valence-electron chi connectivity index (χ0n) is 15.1. The summed E-state index contributed by atoms with van der Waals surface area (Å²) in [5, 5.41) is 3.02. The molecule has 2 rings (SSSR count). The normalized spacial score (nSPS) is 18.0. The predicted molar refractivity (Wildman–Crippen MR) is 90.9 cm³/mol. The molecule has 2 amide bonds. The molecule has 1 aromatic rings. The van der Waals surface area contributed by atoms with Gasteiger partial charge in [-0.2, -0.15) is 0 Å². The van der Waals surface area contributed by atoms with E-state index in [2.05, 4.69) is 5.32 Å². The van der Waals surface area contributed by atoms with Crippen LogP contribution in [0.3, 0.4) is 0 Å². The number of likely N-dealkylation sites (tertiary alicyclic amines) is 1. The first kappa shape index (κ1) is 20.4. The van der Waals surface area contributed by atoms with E-state index < -0.39 is 13.0 Å². The van der Waals surface area contributed by atoms with Crippen LogP contribution >= 0.6 is 0 Å². The Bertz CT molecular complexity index is 572. The van der Waals surface area contributed by atoms with Crippen LogP contribution in [0.25, 0.3) is 0 Å². The van der Waals surface area contributed by atoms with Gasteiger partial charge in [0.05, 0.1) is 12.2 Å². The Labute approximate surface area is 151 Å². The molecule has 2 atom stereocenters. The quantitative estimate of drug-likeness (QED) is 0.761. The zero-order chi connectivity index (χ0) is 19.1. The number of furan rings is 1. The zero-order valence-corrected chi connectivity index (χ0v) is 15.1. The lowest BCUT2D eigenvalue weighted by molar-refractivity contribution is -0.139. The average molecular weight is 372 g/mol. The van der Waals surface area contributed by atoms with Gasteiger partial charge in [0.25, 0.3) is 6.43 Å². The van der Waals surface area contributed by atoms with E-state index in [1.807, 2.05) is 6.92 Å². The predicted octanol–water partition coefficient (Wildman–Crippen LogP) is 2.41. The molecule has 1 aromatic heterocycles. The smallest absolute Gasteiger partial charge is 0.261 e. The molecule has 1 aliphatic heterocycles. The molecule has 1 aliphatic rings. The molecule has 0 aromatic carbocycles. The number of amides is 2. The third kappa shape index (κ3) is 5.79. The fourth-order valence-electron chi connectivity index (χ4n) is 3.11. The van der Waals surface area contributed by atoms with Crippen LogP contribution in [0.1, 0.15) is 38.4 Å². The van der Waals surface area contributed by atoms with Crippen LogP contribution in [0, 0.1) is 5.92 Å². The van der Waals surface area contributed by atoms with Crippen LogP contribution in [-0.4, -0.2) is 55.5 Å². The van der Waals surface area contributed by atoms with E-state index in [4.69, 9.17) is 9.15 Å². The van der Waals surface area contributed by atoms with Crippen molar-refractivity contribution in [1.29, 1.82) is 0 Å².